The molecule has 0 aliphatic rings. The largest absolute Gasteiger partial charge is 0.494 e. The van der Waals surface area contributed by atoms with Crippen molar-refractivity contribution in [3.05, 3.63) is 59.7 Å². The fraction of sp³-hybridized carbons (Fsp3) is 0.294. The molecule has 20 heavy (non-hydrogen) atoms. The van der Waals surface area contributed by atoms with Crippen molar-refractivity contribution in [2.75, 3.05) is 19.4 Å². The van der Waals surface area contributed by atoms with Crippen LogP contribution in [0.1, 0.15) is 18.1 Å². The van der Waals surface area contributed by atoms with Crippen molar-refractivity contribution >= 4 is 5.69 Å². The molecule has 2 N–H and O–H groups in total. The normalized spacial score (nSPS) is 10.8. The molecule has 2 rings (SSSR count). The average molecular weight is 270 g/mol. The standard InChI is InChI=1S/C17H22N2O/c1-3-20-17-10-9-16(18)11-15(17)13-19(2)12-14-7-5-4-6-8-14/h4-11H,3,12-13,18H2,1-2H3. The van der Waals surface area contributed by atoms with Crippen LogP contribution in [-0.2, 0) is 13.1 Å². The second kappa shape index (κ2) is 6.96. The lowest BCUT2D eigenvalue weighted by atomic mass is 10.1. The maximum absolute atomic E-state index is 5.88. The molecule has 0 saturated carbocycles. The van der Waals surface area contributed by atoms with E-state index in [1.54, 1.807) is 0 Å². The van der Waals surface area contributed by atoms with Crippen LogP contribution in [0.5, 0.6) is 5.75 Å². The van der Waals surface area contributed by atoms with Crippen LogP contribution in [0.3, 0.4) is 0 Å². The van der Waals surface area contributed by atoms with Crippen molar-refractivity contribution in [3.63, 3.8) is 0 Å². The monoisotopic (exact) mass is 270 g/mol. The molecule has 0 bridgehead atoms. The Balaban J connectivity index is 2.06. The van der Waals surface area contributed by atoms with Gasteiger partial charge in [-0.05, 0) is 37.7 Å². The van der Waals surface area contributed by atoms with E-state index in [0.29, 0.717) is 6.61 Å². The predicted molar refractivity (Wildman–Crippen MR) is 83.6 cm³/mol. The number of nitrogens with two attached hydrogens (primary N) is 1. The zero-order valence-electron chi connectivity index (χ0n) is 12.2. The molecule has 2 aromatic carbocycles. The van der Waals surface area contributed by atoms with Crippen molar-refractivity contribution in [2.45, 2.75) is 20.0 Å². The van der Waals surface area contributed by atoms with Gasteiger partial charge >= 0.3 is 0 Å². The Bertz CT molecular complexity index is 540. The molecule has 0 unspecified atom stereocenters. The summed E-state index contributed by atoms with van der Waals surface area (Å²) in [5, 5.41) is 0. The third-order valence-corrected chi connectivity index (χ3v) is 3.12. The second-order valence-electron chi connectivity index (χ2n) is 4.96. The Morgan fingerprint density at radius 1 is 1.05 bits per heavy atom. The summed E-state index contributed by atoms with van der Waals surface area (Å²) in [6.07, 6.45) is 0. The van der Waals surface area contributed by atoms with Gasteiger partial charge in [0.25, 0.3) is 0 Å². The number of ether oxygens (including phenoxy) is 1. The Kier molecular flexibility index (Phi) is 5.02. The fourth-order valence-electron chi connectivity index (χ4n) is 2.26. The van der Waals surface area contributed by atoms with E-state index in [4.69, 9.17) is 10.5 Å². The fourth-order valence-corrected chi connectivity index (χ4v) is 2.26. The second-order valence-corrected chi connectivity index (χ2v) is 4.96. The molecule has 3 nitrogen and oxygen atoms in total. The zero-order valence-corrected chi connectivity index (χ0v) is 12.2. The van der Waals surface area contributed by atoms with Crippen molar-refractivity contribution in [1.82, 2.24) is 4.90 Å². The summed E-state index contributed by atoms with van der Waals surface area (Å²) in [5.41, 5.74) is 9.09. The van der Waals surface area contributed by atoms with E-state index >= 15 is 0 Å². The van der Waals surface area contributed by atoms with Gasteiger partial charge in [0.05, 0.1) is 6.61 Å². The van der Waals surface area contributed by atoms with Crippen LogP contribution in [-0.4, -0.2) is 18.6 Å². The molecular formula is C17H22N2O. The molecule has 0 aliphatic carbocycles. The quantitative estimate of drug-likeness (QED) is 0.819. The maximum Gasteiger partial charge on any atom is 0.123 e. The molecule has 0 heterocycles. The summed E-state index contributed by atoms with van der Waals surface area (Å²) in [4.78, 5) is 2.26. The average Bonchev–Trinajstić information content (AvgIpc) is 2.43. The molecule has 106 valence electrons. The molecule has 2 aromatic rings. The van der Waals surface area contributed by atoms with Gasteiger partial charge in [-0.1, -0.05) is 30.3 Å². The van der Waals surface area contributed by atoms with Gasteiger partial charge in [-0.2, -0.15) is 0 Å². The third-order valence-electron chi connectivity index (χ3n) is 3.12. The van der Waals surface area contributed by atoms with Crippen molar-refractivity contribution in [1.29, 1.82) is 0 Å². The first-order valence-electron chi connectivity index (χ1n) is 6.92. The summed E-state index contributed by atoms with van der Waals surface area (Å²) in [6, 6.07) is 16.3. The molecule has 3 heteroatoms. The summed E-state index contributed by atoms with van der Waals surface area (Å²) in [7, 11) is 2.10. The van der Waals surface area contributed by atoms with Gasteiger partial charge in [0.15, 0.2) is 0 Å². The number of nitrogen functional groups attached to an aromatic ring is 1. The van der Waals surface area contributed by atoms with Crippen LogP contribution in [0.4, 0.5) is 5.69 Å². The van der Waals surface area contributed by atoms with Crippen LogP contribution in [0, 0.1) is 0 Å². The van der Waals surface area contributed by atoms with Gasteiger partial charge in [0.1, 0.15) is 5.75 Å². The van der Waals surface area contributed by atoms with Gasteiger partial charge in [-0.25, -0.2) is 0 Å². The lowest BCUT2D eigenvalue weighted by Gasteiger charge is -2.19. The van der Waals surface area contributed by atoms with Crippen molar-refractivity contribution < 1.29 is 4.74 Å². The van der Waals surface area contributed by atoms with Gasteiger partial charge in [-0.15, -0.1) is 0 Å². The summed E-state index contributed by atoms with van der Waals surface area (Å²) in [5.74, 6) is 0.918. The van der Waals surface area contributed by atoms with Crippen LogP contribution in [0.25, 0.3) is 0 Å². The van der Waals surface area contributed by atoms with Crippen LogP contribution >= 0.6 is 0 Å². The number of rotatable bonds is 6. The summed E-state index contributed by atoms with van der Waals surface area (Å²) < 4.78 is 5.66. The number of hydrogen-bond donors (Lipinski definition) is 1. The lowest BCUT2D eigenvalue weighted by Crippen LogP contribution is -2.18. The molecule has 0 fully saturated rings. The molecule has 0 saturated heterocycles. The Labute approximate surface area is 121 Å². The molecule has 0 aromatic heterocycles. The summed E-state index contributed by atoms with van der Waals surface area (Å²) in [6.45, 7) is 4.38. The minimum absolute atomic E-state index is 0.666. The number of nitrogens with zero attached hydrogens (tertiary/aromatic N) is 1. The first-order chi connectivity index (χ1) is 9.69. The highest BCUT2D eigenvalue weighted by atomic mass is 16.5. The first-order valence-corrected chi connectivity index (χ1v) is 6.92. The predicted octanol–water partition coefficient (Wildman–Crippen LogP) is 3.30. The van der Waals surface area contributed by atoms with Crippen molar-refractivity contribution in [3.8, 4) is 5.75 Å². The van der Waals surface area contributed by atoms with Gasteiger partial charge in [0.2, 0.25) is 0 Å². The summed E-state index contributed by atoms with van der Waals surface area (Å²) >= 11 is 0. The van der Waals surface area contributed by atoms with Gasteiger partial charge < -0.3 is 10.5 Å². The SMILES string of the molecule is CCOc1ccc(N)cc1CN(C)Cc1ccccc1. The smallest absolute Gasteiger partial charge is 0.123 e. The van der Waals surface area contributed by atoms with E-state index in [-0.39, 0.29) is 0 Å². The first kappa shape index (κ1) is 14.4. The molecule has 0 aliphatic heterocycles. The van der Waals surface area contributed by atoms with E-state index in [2.05, 4.69) is 36.2 Å². The van der Waals surface area contributed by atoms with E-state index in [1.807, 2.05) is 31.2 Å². The van der Waals surface area contributed by atoms with E-state index in [0.717, 1.165) is 30.1 Å². The third kappa shape index (κ3) is 4.00. The van der Waals surface area contributed by atoms with Gasteiger partial charge in [-0.3, -0.25) is 4.90 Å². The highest BCUT2D eigenvalue weighted by Gasteiger charge is 2.08. The molecule has 0 radical (unpaired) electrons. The Morgan fingerprint density at radius 3 is 2.50 bits per heavy atom. The zero-order chi connectivity index (χ0) is 14.4. The topological polar surface area (TPSA) is 38.5 Å². The Hall–Kier alpha value is -2.00. The van der Waals surface area contributed by atoms with Crippen molar-refractivity contribution in [2.24, 2.45) is 0 Å². The minimum atomic E-state index is 0.666. The molecule has 0 atom stereocenters. The lowest BCUT2D eigenvalue weighted by molar-refractivity contribution is 0.298. The van der Waals surface area contributed by atoms with Crippen LogP contribution in [0.2, 0.25) is 0 Å². The van der Waals surface area contributed by atoms with Gasteiger partial charge in [0, 0.05) is 24.3 Å². The minimum Gasteiger partial charge on any atom is -0.494 e. The Morgan fingerprint density at radius 2 is 1.80 bits per heavy atom. The highest BCUT2D eigenvalue weighted by molar-refractivity contribution is 5.47. The molecular weight excluding hydrogens is 248 g/mol. The van der Waals surface area contributed by atoms with E-state index in [1.165, 1.54) is 5.56 Å². The highest BCUT2D eigenvalue weighted by Crippen LogP contribution is 2.23. The maximum atomic E-state index is 5.88. The van der Waals surface area contributed by atoms with Crippen LogP contribution in [0.15, 0.2) is 48.5 Å². The number of benzene rings is 2. The molecule has 0 amide bonds. The molecule has 0 spiro atoms. The number of anilines is 1. The van der Waals surface area contributed by atoms with Crippen LogP contribution < -0.4 is 10.5 Å². The van der Waals surface area contributed by atoms with E-state index in [9.17, 15) is 0 Å². The number of hydrogen-bond acceptors (Lipinski definition) is 3. The van der Waals surface area contributed by atoms with E-state index < -0.39 is 0 Å².